The Hall–Kier alpha value is -3.03. The third-order valence-corrected chi connectivity index (χ3v) is 6.25. The van der Waals surface area contributed by atoms with Crippen molar-refractivity contribution in [2.24, 2.45) is 0 Å². The van der Waals surface area contributed by atoms with Crippen LogP contribution < -0.4 is 0 Å². The van der Waals surface area contributed by atoms with Gasteiger partial charge in [0.05, 0.1) is 28.0 Å². The molecule has 4 aromatic rings. The maximum Gasteiger partial charge on any atom is 0.254 e. The van der Waals surface area contributed by atoms with Crippen molar-refractivity contribution in [2.75, 3.05) is 26.2 Å². The lowest BCUT2D eigenvalue weighted by atomic mass is 10.0. The number of hydrogen-bond acceptors (Lipinski definition) is 6. The molecule has 6 nitrogen and oxygen atoms in total. The predicted molar refractivity (Wildman–Crippen MR) is 117 cm³/mol. The molecule has 7 heteroatoms. The van der Waals surface area contributed by atoms with Crippen molar-refractivity contribution in [2.45, 2.75) is 13.5 Å². The lowest BCUT2D eigenvalue weighted by molar-refractivity contribution is 0.0629. The summed E-state index contributed by atoms with van der Waals surface area (Å²) >= 11 is 1.68. The van der Waals surface area contributed by atoms with Gasteiger partial charge in [-0.1, -0.05) is 18.2 Å². The first-order chi connectivity index (χ1) is 14.7. The van der Waals surface area contributed by atoms with Gasteiger partial charge < -0.3 is 9.32 Å². The number of nitrogens with zero attached hydrogens (tertiary/aromatic N) is 4. The summed E-state index contributed by atoms with van der Waals surface area (Å²) in [5.74, 6) is 0.712. The number of carbonyl (C=O) groups is 1. The Kier molecular flexibility index (Phi) is 5.06. The molecule has 1 aliphatic rings. The molecule has 30 heavy (non-hydrogen) atoms. The SMILES string of the molecule is Cc1nc(CN2CCN(C(=O)c3cc(-c4ccco4)nc4ccccc34)CC2)cs1. The minimum atomic E-state index is 0.0468. The Bertz CT molecular complexity index is 1180. The van der Waals surface area contributed by atoms with E-state index in [0.29, 0.717) is 30.1 Å². The second kappa shape index (κ2) is 8.01. The molecule has 152 valence electrons. The van der Waals surface area contributed by atoms with Gasteiger partial charge in [-0.15, -0.1) is 11.3 Å². The number of aromatic nitrogens is 2. The first-order valence-electron chi connectivity index (χ1n) is 10.0. The standard InChI is InChI=1S/C23H22N4O2S/c1-16-24-17(15-30-16)14-26-8-10-27(11-9-26)23(28)19-13-21(22-7-4-12-29-22)25-20-6-3-2-5-18(19)20/h2-7,12-13,15H,8-11,14H2,1H3. The van der Waals surface area contributed by atoms with Crippen LogP contribution in [0.25, 0.3) is 22.4 Å². The van der Waals surface area contributed by atoms with Crippen LogP contribution in [0.5, 0.6) is 0 Å². The van der Waals surface area contributed by atoms with E-state index in [0.717, 1.165) is 41.2 Å². The first-order valence-corrected chi connectivity index (χ1v) is 10.9. The average molecular weight is 419 g/mol. The molecule has 0 N–H and O–H groups in total. The van der Waals surface area contributed by atoms with Crippen LogP contribution >= 0.6 is 11.3 Å². The van der Waals surface area contributed by atoms with Gasteiger partial charge in [0, 0.05) is 43.5 Å². The third kappa shape index (κ3) is 3.74. The molecule has 3 aromatic heterocycles. The molecule has 0 bridgehead atoms. The monoisotopic (exact) mass is 418 g/mol. The summed E-state index contributed by atoms with van der Waals surface area (Å²) in [6, 6.07) is 13.3. The number of rotatable bonds is 4. The molecule has 0 saturated carbocycles. The Morgan fingerprint density at radius 1 is 1.10 bits per heavy atom. The van der Waals surface area contributed by atoms with Gasteiger partial charge in [0.2, 0.25) is 0 Å². The van der Waals surface area contributed by atoms with Crippen molar-refractivity contribution < 1.29 is 9.21 Å². The average Bonchev–Trinajstić information content (AvgIpc) is 3.45. The van der Waals surface area contributed by atoms with Gasteiger partial charge >= 0.3 is 0 Å². The maximum absolute atomic E-state index is 13.4. The topological polar surface area (TPSA) is 62.5 Å². The highest BCUT2D eigenvalue weighted by molar-refractivity contribution is 7.09. The fraction of sp³-hybridized carbons (Fsp3) is 0.261. The predicted octanol–water partition coefficient (Wildman–Crippen LogP) is 4.22. The Balaban J connectivity index is 1.37. The number of carbonyl (C=O) groups excluding carboxylic acids is 1. The fourth-order valence-corrected chi connectivity index (χ4v) is 4.50. The zero-order valence-corrected chi connectivity index (χ0v) is 17.6. The third-order valence-electron chi connectivity index (χ3n) is 5.43. The lowest BCUT2D eigenvalue weighted by Gasteiger charge is -2.34. The van der Waals surface area contributed by atoms with Crippen LogP contribution in [0.4, 0.5) is 0 Å². The Labute approximate surface area is 178 Å². The van der Waals surface area contributed by atoms with Crippen molar-refractivity contribution in [3.05, 3.63) is 70.4 Å². The highest BCUT2D eigenvalue weighted by Crippen LogP contribution is 2.26. The quantitative estimate of drug-likeness (QED) is 0.497. The number of fused-ring (bicyclic) bond motifs is 1. The van der Waals surface area contributed by atoms with Crippen molar-refractivity contribution in [3.63, 3.8) is 0 Å². The van der Waals surface area contributed by atoms with E-state index in [2.05, 4.69) is 20.2 Å². The van der Waals surface area contributed by atoms with E-state index >= 15 is 0 Å². The van der Waals surface area contributed by atoms with Crippen molar-refractivity contribution in [1.82, 2.24) is 19.8 Å². The molecule has 1 saturated heterocycles. The minimum absolute atomic E-state index is 0.0468. The molecule has 1 amide bonds. The second-order valence-corrected chi connectivity index (χ2v) is 8.54. The van der Waals surface area contributed by atoms with Gasteiger partial charge in [-0.2, -0.15) is 0 Å². The normalized spacial score (nSPS) is 15.0. The number of para-hydroxylation sites is 1. The van der Waals surface area contributed by atoms with Gasteiger partial charge in [-0.25, -0.2) is 9.97 Å². The van der Waals surface area contributed by atoms with Crippen molar-refractivity contribution >= 4 is 28.1 Å². The van der Waals surface area contributed by atoms with Crippen LogP contribution in [0.3, 0.4) is 0 Å². The molecule has 0 aliphatic carbocycles. The van der Waals surface area contributed by atoms with E-state index in [1.165, 1.54) is 0 Å². The van der Waals surface area contributed by atoms with E-state index in [-0.39, 0.29) is 5.91 Å². The number of amides is 1. The maximum atomic E-state index is 13.4. The number of pyridine rings is 1. The summed E-state index contributed by atoms with van der Waals surface area (Å²) in [7, 11) is 0. The van der Waals surface area contributed by atoms with Gasteiger partial charge in [0.1, 0.15) is 5.69 Å². The van der Waals surface area contributed by atoms with Crippen LogP contribution in [0.1, 0.15) is 21.1 Å². The molecule has 1 aliphatic heterocycles. The van der Waals surface area contributed by atoms with Crippen LogP contribution in [0, 0.1) is 6.92 Å². The summed E-state index contributed by atoms with van der Waals surface area (Å²) < 4.78 is 5.52. The first kappa shape index (κ1) is 19.0. The highest BCUT2D eigenvalue weighted by Gasteiger charge is 2.25. The number of thiazole rings is 1. The van der Waals surface area contributed by atoms with E-state index in [1.54, 1.807) is 17.6 Å². The van der Waals surface area contributed by atoms with Gasteiger partial charge in [-0.3, -0.25) is 9.69 Å². The van der Waals surface area contributed by atoms with Crippen molar-refractivity contribution in [3.8, 4) is 11.5 Å². The van der Waals surface area contributed by atoms with Gasteiger partial charge in [0.15, 0.2) is 5.76 Å². The molecule has 5 rings (SSSR count). The van der Waals surface area contributed by atoms with E-state index in [1.807, 2.05) is 54.3 Å². The Morgan fingerprint density at radius 3 is 2.67 bits per heavy atom. The lowest BCUT2D eigenvalue weighted by Crippen LogP contribution is -2.48. The number of aryl methyl sites for hydroxylation is 1. The zero-order chi connectivity index (χ0) is 20.5. The molecular weight excluding hydrogens is 396 g/mol. The van der Waals surface area contributed by atoms with Crippen LogP contribution in [0.15, 0.2) is 58.5 Å². The van der Waals surface area contributed by atoms with Crippen molar-refractivity contribution in [1.29, 1.82) is 0 Å². The molecule has 4 heterocycles. The largest absolute Gasteiger partial charge is 0.463 e. The number of furan rings is 1. The van der Waals surface area contributed by atoms with Crippen LogP contribution in [-0.2, 0) is 6.54 Å². The zero-order valence-electron chi connectivity index (χ0n) is 16.7. The van der Waals surface area contributed by atoms with E-state index < -0.39 is 0 Å². The summed E-state index contributed by atoms with van der Waals surface area (Å²) in [6.07, 6.45) is 1.62. The molecule has 0 atom stereocenters. The summed E-state index contributed by atoms with van der Waals surface area (Å²) in [5, 5.41) is 4.08. The van der Waals surface area contributed by atoms with E-state index in [9.17, 15) is 4.79 Å². The molecule has 0 radical (unpaired) electrons. The van der Waals surface area contributed by atoms with Crippen LogP contribution in [-0.4, -0.2) is 51.9 Å². The number of benzene rings is 1. The highest BCUT2D eigenvalue weighted by atomic mass is 32.1. The molecule has 1 aromatic carbocycles. The fourth-order valence-electron chi connectivity index (χ4n) is 3.89. The molecule has 1 fully saturated rings. The molecule has 0 unspecified atom stereocenters. The summed E-state index contributed by atoms with van der Waals surface area (Å²) in [4.78, 5) is 27.0. The second-order valence-electron chi connectivity index (χ2n) is 7.48. The Morgan fingerprint density at radius 2 is 1.93 bits per heavy atom. The molecular formula is C23H22N4O2S. The molecule has 0 spiro atoms. The minimum Gasteiger partial charge on any atom is -0.463 e. The number of hydrogen-bond donors (Lipinski definition) is 0. The summed E-state index contributed by atoms with van der Waals surface area (Å²) in [5.41, 5.74) is 3.27. The number of piperazine rings is 1. The van der Waals surface area contributed by atoms with Gasteiger partial charge in [-0.05, 0) is 31.2 Å². The summed E-state index contributed by atoms with van der Waals surface area (Å²) in [6.45, 7) is 5.96. The van der Waals surface area contributed by atoms with Gasteiger partial charge in [0.25, 0.3) is 5.91 Å². The van der Waals surface area contributed by atoms with E-state index in [4.69, 9.17) is 4.42 Å². The smallest absolute Gasteiger partial charge is 0.254 e. The van der Waals surface area contributed by atoms with Crippen LogP contribution in [0.2, 0.25) is 0 Å².